The molecule has 3 aromatic heterocycles. The van der Waals surface area contributed by atoms with Gasteiger partial charge in [-0.05, 0) is 50.1 Å². The molecule has 0 aliphatic carbocycles. The van der Waals surface area contributed by atoms with Crippen molar-refractivity contribution in [2.45, 2.75) is 32.1 Å². The highest BCUT2D eigenvalue weighted by Crippen LogP contribution is 2.41. The van der Waals surface area contributed by atoms with Crippen molar-refractivity contribution in [1.82, 2.24) is 19.7 Å². The minimum absolute atomic E-state index is 0.102. The van der Waals surface area contributed by atoms with Gasteiger partial charge in [-0.15, -0.1) is 11.3 Å². The Morgan fingerprint density at radius 3 is 2.47 bits per heavy atom. The van der Waals surface area contributed by atoms with E-state index in [-0.39, 0.29) is 11.9 Å². The first-order valence-corrected chi connectivity index (χ1v) is 12.6. The lowest BCUT2D eigenvalue weighted by atomic mass is 10.1. The molecule has 0 aliphatic rings. The van der Waals surface area contributed by atoms with E-state index in [0.717, 1.165) is 6.07 Å². The Kier molecular flexibility index (Phi) is 7.41. The number of halogens is 7. The van der Waals surface area contributed by atoms with Gasteiger partial charge < -0.3 is 5.32 Å². The lowest BCUT2D eigenvalue weighted by Gasteiger charge is -2.20. The Labute approximate surface area is 214 Å². The van der Waals surface area contributed by atoms with E-state index in [1.165, 1.54) is 11.3 Å². The van der Waals surface area contributed by atoms with Crippen LogP contribution < -0.4 is 5.32 Å². The molecule has 13 heteroatoms. The van der Waals surface area contributed by atoms with Gasteiger partial charge >= 0.3 is 12.4 Å². The van der Waals surface area contributed by atoms with Crippen molar-refractivity contribution in [3.8, 4) is 16.4 Å². The van der Waals surface area contributed by atoms with Crippen LogP contribution >= 0.6 is 27.3 Å². The first kappa shape index (κ1) is 26.1. The van der Waals surface area contributed by atoms with Crippen LogP contribution in [0.25, 0.3) is 16.4 Å². The molecule has 0 aliphatic heterocycles. The number of pyridine rings is 1. The standard InChI is InChI=1S/C23H18BrF6N5S/c1-13-11-19(35-9-6-18(34-35)21-31-8-10-36-21)15(3-2-7-24)20(32-13)33-17-5-4-14(22(25,26)27)12-16(17)23(28,29)30/h4-6,8-12H,2-3,7H2,1H3,(H,32,33). The number of thiazole rings is 1. The summed E-state index contributed by atoms with van der Waals surface area (Å²) in [5, 5.41) is 10.4. The van der Waals surface area contributed by atoms with Crippen LogP contribution in [-0.4, -0.2) is 25.1 Å². The van der Waals surface area contributed by atoms with Crippen molar-refractivity contribution in [1.29, 1.82) is 0 Å². The fourth-order valence-electron chi connectivity index (χ4n) is 3.59. The number of anilines is 2. The Hall–Kier alpha value is -2.93. The molecule has 0 amide bonds. The molecule has 0 bridgehead atoms. The average Bonchev–Trinajstić information content (AvgIpc) is 3.49. The average molecular weight is 590 g/mol. The number of aromatic nitrogens is 4. The predicted octanol–water partition coefficient (Wildman–Crippen LogP) is 7.81. The van der Waals surface area contributed by atoms with Crippen LogP contribution in [0.1, 0.15) is 28.8 Å². The third-order valence-electron chi connectivity index (χ3n) is 5.18. The van der Waals surface area contributed by atoms with Crippen molar-refractivity contribution >= 4 is 38.8 Å². The smallest absolute Gasteiger partial charge is 0.339 e. The summed E-state index contributed by atoms with van der Waals surface area (Å²) in [7, 11) is 0. The number of hydrogen-bond donors (Lipinski definition) is 1. The molecular formula is C23H18BrF6N5S. The van der Waals surface area contributed by atoms with Gasteiger partial charge in [0.25, 0.3) is 0 Å². The Morgan fingerprint density at radius 1 is 1.06 bits per heavy atom. The third kappa shape index (κ3) is 5.72. The quantitative estimate of drug-likeness (QED) is 0.176. The van der Waals surface area contributed by atoms with Crippen LogP contribution in [0.2, 0.25) is 0 Å². The molecule has 0 fully saturated rings. The maximum atomic E-state index is 13.7. The van der Waals surface area contributed by atoms with Gasteiger partial charge in [0, 0.05) is 34.4 Å². The Morgan fingerprint density at radius 2 is 1.83 bits per heavy atom. The zero-order valence-electron chi connectivity index (χ0n) is 18.6. The summed E-state index contributed by atoms with van der Waals surface area (Å²) in [6.45, 7) is 1.67. The van der Waals surface area contributed by atoms with Gasteiger partial charge in [0.15, 0.2) is 0 Å². The molecule has 0 spiro atoms. The van der Waals surface area contributed by atoms with Gasteiger partial charge in [-0.2, -0.15) is 31.4 Å². The van der Waals surface area contributed by atoms with Gasteiger partial charge in [-0.3, -0.25) is 0 Å². The topological polar surface area (TPSA) is 55.6 Å². The molecule has 0 unspecified atom stereocenters. The van der Waals surface area contributed by atoms with E-state index in [0.29, 0.717) is 51.9 Å². The van der Waals surface area contributed by atoms with E-state index in [2.05, 4.69) is 36.3 Å². The molecule has 36 heavy (non-hydrogen) atoms. The zero-order chi connectivity index (χ0) is 26.1. The fraction of sp³-hybridized carbons (Fsp3) is 0.261. The minimum atomic E-state index is -5.02. The lowest BCUT2D eigenvalue weighted by Crippen LogP contribution is -2.14. The second kappa shape index (κ2) is 10.2. The van der Waals surface area contributed by atoms with Crippen LogP contribution in [0, 0.1) is 6.92 Å². The molecule has 4 aromatic rings. The summed E-state index contributed by atoms with van der Waals surface area (Å²) in [6, 6.07) is 5.02. The number of nitrogens with one attached hydrogen (secondary N) is 1. The molecule has 1 N–H and O–H groups in total. The molecule has 1 aromatic carbocycles. The van der Waals surface area contributed by atoms with Crippen molar-refractivity contribution in [2.75, 3.05) is 10.6 Å². The molecule has 0 radical (unpaired) electrons. The van der Waals surface area contributed by atoms with E-state index < -0.39 is 29.2 Å². The van der Waals surface area contributed by atoms with E-state index in [1.54, 1.807) is 36.1 Å². The first-order valence-electron chi connectivity index (χ1n) is 10.5. The molecule has 190 valence electrons. The summed E-state index contributed by atoms with van der Waals surface area (Å²) in [5.74, 6) is 0.113. The molecule has 0 saturated heterocycles. The van der Waals surface area contributed by atoms with Gasteiger partial charge in [0.2, 0.25) is 0 Å². The Bertz CT molecular complexity index is 1350. The molecule has 3 heterocycles. The summed E-state index contributed by atoms with van der Waals surface area (Å²) in [6.07, 6.45) is -5.51. The van der Waals surface area contributed by atoms with Gasteiger partial charge in [-0.25, -0.2) is 14.6 Å². The van der Waals surface area contributed by atoms with E-state index >= 15 is 0 Å². The highest BCUT2D eigenvalue weighted by molar-refractivity contribution is 9.09. The predicted molar refractivity (Wildman–Crippen MR) is 129 cm³/mol. The van der Waals surface area contributed by atoms with Crippen LogP contribution in [0.15, 0.2) is 48.1 Å². The number of rotatable bonds is 7. The maximum Gasteiger partial charge on any atom is 0.418 e. The van der Waals surface area contributed by atoms with Crippen molar-refractivity contribution in [2.24, 2.45) is 0 Å². The number of hydrogen-bond acceptors (Lipinski definition) is 5. The van der Waals surface area contributed by atoms with Gasteiger partial charge in [-0.1, -0.05) is 15.9 Å². The van der Waals surface area contributed by atoms with E-state index in [4.69, 9.17) is 0 Å². The minimum Gasteiger partial charge on any atom is -0.339 e. The summed E-state index contributed by atoms with van der Waals surface area (Å²) in [4.78, 5) is 8.63. The van der Waals surface area contributed by atoms with Crippen molar-refractivity contribution < 1.29 is 26.3 Å². The SMILES string of the molecule is Cc1cc(-n2ccc(-c3nccs3)n2)c(CCCBr)c(Nc2ccc(C(F)(F)F)cc2C(F)(F)F)n1. The van der Waals surface area contributed by atoms with E-state index in [1.807, 2.05) is 5.38 Å². The number of alkyl halides is 7. The maximum absolute atomic E-state index is 13.7. The second-order valence-corrected chi connectivity index (χ2v) is 9.45. The molecule has 0 atom stereocenters. The molecular weight excluding hydrogens is 572 g/mol. The van der Waals surface area contributed by atoms with Crippen LogP contribution in [-0.2, 0) is 18.8 Å². The second-order valence-electron chi connectivity index (χ2n) is 7.77. The summed E-state index contributed by atoms with van der Waals surface area (Å²) in [5.41, 5.74) is -1.06. The largest absolute Gasteiger partial charge is 0.418 e. The van der Waals surface area contributed by atoms with Gasteiger partial charge in [0.1, 0.15) is 16.5 Å². The molecule has 4 rings (SSSR count). The molecule has 0 saturated carbocycles. The lowest BCUT2D eigenvalue weighted by molar-refractivity contribution is -0.142. The molecule has 5 nitrogen and oxygen atoms in total. The summed E-state index contributed by atoms with van der Waals surface area (Å²) >= 11 is 4.78. The van der Waals surface area contributed by atoms with Crippen LogP contribution in [0.4, 0.5) is 37.8 Å². The normalized spacial score (nSPS) is 12.2. The van der Waals surface area contributed by atoms with E-state index in [9.17, 15) is 26.3 Å². The number of aryl methyl sites for hydroxylation is 1. The summed E-state index contributed by atoms with van der Waals surface area (Å²) < 4.78 is 82.1. The first-order chi connectivity index (χ1) is 17.0. The van der Waals surface area contributed by atoms with Gasteiger partial charge in [0.05, 0.1) is 22.5 Å². The Balaban J connectivity index is 1.82. The third-order valence-corrected chi connectivity index (χ3v) is 6.54. The highest BCUT2D eigenvalue weighted by atomic mass is 79.9. The monoisotopic (exact) mass is 589 g/mol. The fourth-order valence-corrected chi connectivity index (χ4v) is 4.48. The highest BCUT2D eigenvalue weighted by Gasteiger charge is 2.38. The number of benzene rings is 1. The van der Waals surface area contributed by atoms with Crippen LogP contribution in [0.3, 0.4) is 0 Å². The zero-order valence-corrected chi connectivity index (χ0v) is 21.0. The van der Waals surface area contributed by atoms with Crippen molar-refractivity contribution in [3.63, 3.8) is 0 Å². The number of nitrogens with zero attached hydrogens (tertiary/aromatic N) is 4. The van der Waals surface area contributed by atoms with Crippen molar-refractivity contribution in [3.05, 3.63) is 70.5 Å². The van der Waals surface area contributed by atoms with Crippen LogP contribution in [0.5, 0.6) is 0 Å².